The number of aromatic nitrogens is 3. The summed E-state index contributed by atoms with van der Waals surface area (Å²) in [6.45, 7) is 3.16. The molecule has 2 heterocycles. The van der Waals surface area contributed by atoms with Gasteiger partial charge < -0.3 is 5.32 Å². The van der Waals surface area contributed by atoms with Crippen LogP contribution in [0.3, 0.4) is 0 Å². The third-order valence-electron chi connectivity index (χ3n) is 3.93. The first kappa shape index (κ1) is 14.9. The summed E-state index contributed by atoms with van der Waals surface area (Å²) >= 11 is 2.10. The maximum Gasteiger partial charge on any atom is 0.138 e. The van der Waals surface area contributed by atoms with Crippen molar-refractivity contribution in [3.8, 4) is 0 Å². The van der Waals surface area contributed by atoms with Gasteiger partial charge in [-0.2, -0.15) is 16.9 Å². The molecule has 0 aromatic carbocycles. The fraction of sp³-hybridized carbons (Fsp3) is 0.857. The molecule has 108 valence electrons. The SMILES string of the molecule is CCCn1ncnc1CC(CC1CCSCC1)NC. The van der Waals surface area contributed by atoms with E-state index in [1.807, 2.05) is 0 Å². The summed E-state index contributed by atoms with van der Waals surface area (Å²) < 4.78 is 2.06. The van der Waals surface area contributed by atoms with Gasteiger partial charge in [-0.1, -0.05) is 6.92 Å². The Morgan fingerprint density at radius 2 is 2.26 bits per heavy atom. The summed E-state index contributed by atoms with van der Waals surface area (Å²) in [5, 5.41) is 7.78. The van der Waals surface area contributed by atoms with Gasteiger partial charge in [0.05, 0.1) is 0 Å². The molecule has 0 saturated carbocycles. The molecule has 0 bridgehead atoms. The van der Waals surface area contributed by atoms with Crippen molar-refractivity contribution in [3.63, 3.8) is 0 Å². The summed E-state index contributed by atoms with van der Waals surface area (Å²) in [5.74, 6) is 4.70. The molecule has 1 unspecified atom stereocenters. The van der Waals surface area contributed by atoms with Gasteiger partial charge in [-0.3, -0.25) is 4.68 Å². The van der Waals surface area contributed by atoms with Crippen molar-refractivity contribution >= 4 is 11.8 Å². The maximum absolute atomic E-state index is 4.42. The third-order valence-corrected chi connectivity index (χ3v) is 4.98. The van der Waals surface area contributed by atoms with Crippen molar-refractivity contribution in [1.82, 2.24) is 20.1 Å². The van der Waals surface area contributed by atoms with Crippen LogP contribution in [0, 0.1) is 5.92 Å². The van der Waals surface area contributed by atoms with Crippen LogP contribution in [0.1, 0.15) is 38.4 Å². The number of rotatable bonds is 7. The highest BCUT2D eigenvalue weighted by atomic mass is 32.2. The summed E-state index contributed by atoms with van der Waals surface area (Å²) in [6, 6.07) is 0.535. The fourth-order valence-corrected chi connectivity index (χ4v) is 3.96. The molecule has 1 aromatic rings. The monoisotopic (exact) mass is 282 g/mol. The van der Waals surface area contributed by atoms with E-state index in [0.29, 0.717) is 6.04 Å². The van der Waals surface area contributed by atoms with E-state index in [0.717, 1.165) is 31.1 Å². The van der Waals surface area contributed by atoms with Crippen LogP contribution in [-0.4, -0.2) is 39.4 Å². The molecule has 1 atom stereocenters. The first-order valence-electron chi connectivity index (χ1n) is 7.45. The van der Waals surface area contributed by atoms with Crippen LogP contribution in [0.15, 0.2) is 6.33 Å². The number of nitrogens with zero attached hydrogens (tertiary/aromatic N) is 3. The van der Waals surface area contributed by atoms with E-state index in [9.17, 15) is 0 Å². The second-order valence-corrected chi connectivity index (χ2v) is 6.61. The first-order valence-corrected chi connectivity index (χ1v) is 8.60. The minimum atomic E-state index is 0.535. The highest BCUT2D eigenvalue weighted by Crippen LogP contribution is 2.26. The lowest BCUT2D eigenvalue weighted by Crippen LogP contribution is -2.32. The molecule has 5 heteroatoms. The minimum absolute atomic E-state index is 0.535. The molecule has 1 aromatic heterocycles. The average molecular weight is 282 g/mol. The van der Waals surface area contributed by atoms with Crippen molar-refractivity contribution in [2.24, 2.45) is 5.92 Å². The quantitative estimate of drug-likeness (QED) is 0.833. The molecular weight excluding hydrogens is 256 g/mol. The normalized spacial score (nSPS) is 18.6. The van der Waals surface area contributed by atoms with Crippen molar-refractivity contribution < 1.29 is 0 Å². The third kappa shape index (κ3) is 4.49. The van der Waals surface area contributed by atoms with Crippen LogP contribution in [0.4, 0.5) is 0 Å². The number of thioether (sulfide) groups is 1. The van der Waals surface area contributed by atoms with E-state index >= 15 is 0 Å². The van der Waals surface area contributed by atoms with E-state index in [4.69, 9.17) is 0 Å². The molecule has 2 rings (SSSR count). The minimum Gasteiger partial charge on any atom is -0.317 e. The van der Waals surface area contributed by atoms with Crippen LogP contribution in [-0.2, 0) is 13.0 Å². The Morgan fingerprint density at radius 3 is 2.95 bits per heavy atom. The lowest BCUT2D eigenvalue weighted by Gasteiger charge is -2.26. The molecule has 0 spiro atoms. The van der Waals surface area contributed by atoms with E-state index in [1.54, 1.807) is 6.33 Å². The van der Waals surface area contributed by atoms with E-state index < -0.39 is 0 Å². The molecule has 0 amide bonds. The standard InChI is InChI=1S/C14H26N4S/c1-3-6-18-14(16-11-17-18)10-13(15-2)9-12-4-7-19-8-5-12/h11-13,15H,3-10H2,1-2H3. The van der Waals surface area contributed by atoms with Gasteiger partial charge >= 0.3 is 0 Å². The van der Waals surface area contributed by atoms with Gasteiger partial charge in [0.25, 0.3) is 0 Å². The molecule has 0 radical (unpaired) electrons. The molecule has 4 nitrogen and oxygen atoms in total. The molecule has 1 aliphatic heterocycles. The molecule has 19 heavy (non-hydrogen) atoms. The average Bonchev–Trinajstić information content (AvgIpc) is 2.87. The predicted octanol–water partition coefficient (Wildman–Crippen LogP) is 2.35. The topological polar surface area (TPSA) is 42.7 Å². The predicted molar refractivity (Wildman–Crippen MR) is 81.5 cm³/mol. The molecule has 1 N–H and O–H groups in total. The zero-order valence-corrected chi connectivity index (χ0v) is 13.0. The number of hydrogen-bond acceptors (Lipinski definition) is 4. The summed E-state index contributed by atoms with van der Waals surface area (Å²) in [5.41, 5.74) is 0. The van der Waals surface area contributed by atoms with Gasteiger partial charge in [0.1, 0.15) is 12.2 Å². The molecule has 0 aliphatic carbocycles. The van der Waals surface area contributed by atoms with Crippen molar-refractivity contribution in [1.29, 1.82) is 0 Å². The van der Waals surface area contributed by atoms with E-state index in [-0.39, 0.29) is 0 Å². The fourth-order valence-electron chi connectivity index (χ4n) is 2.75. The highest BCUT2D eigenvalue weighted by molar-refractivity contribution is 7.99. The van der Waals surface area contributed by atoms with Crippen LogP contribution >= 0.6 is 11.8 Å². The van der Waals surface area contributed by atoms with Crippen molar-refractivity contribution in [2.45, 2.75) is 51.6 Å². The van der Waals surface area contributed by atoms with Crippen molar-refractivity contribution in [3.05, 3.63) is 12.2 Å². The van der Waals surface area contributed by atoms with E-state index in [1.165, 1.54) is 30.8 Å². The maximum atomic E-state index is 4.42. The smallest absolute Gasteiger partial charge is 0.138 e. The van der Waals surface area contributed by atoms with Gasteiger partial charge in [0, 0.05) is 19.0 Å². The lowest BCUT2D eigenvalue weighted by molar-refractivity contribution is 0.368. The number of hydrogen-bond donors (Lipinski definition) is 1. The van der Waals surface area contributed by atoms with Crippen LogP contribution < -0.4 is 5.32 Å². The Morgan fingerprint density at radius 1 is 1.47 bits per heavy atom. The molecule has 1 fully saturated rings. The highest BCUT2D eigenvalue weighted by Gasteiger charge is 2.20. The molecule has 1 saturated heterocycles. The summed E-state index contributed by atoms with van der Waals surface area (Å²) in [4.78, 5) is 4.42. The lowest BCUT2D eigenvalue weighted by atomic mass is 9.93. The summed E-state index contributed by atoms with van der Waals surface area (Å²) in [6.07, 6.45) is 7.83. The molecular formula is C14H26N4S. The van der Waals surface area contributed by atoms with Crippen LogP contribution in [0.2, 0.25) is 0 Å². The second-order valence-electron chi connectivity index (χ2n) is 5.38. The Hall–Kier alpha value is -0.550. The zero-order chi connectivity index (χ0) is 13.5. The Balaban J connectivity index is 1.88. The number of nitrogens with one attached hydrogen (secondary N) is 1. The van der Waals surface area contributed by atoms with Gasteiger partial charge in [0.2, 0.25) is 0 Å². The molecule has 1 aliphatic rings. The Labute approximate surface area is 120 Å². The van der Waals surface area contributed by atoms with E-state index in [2.05, 4.69) is 45.8 Å². The number of aryl methyl sites for hydroxylation is 1. The van der Waals surface area contributed by atoms with Gasteiger partial charge in [-0.25, -0.2) is 4.98 Å². The first-order chi connectivity index (χ1) is 9.33. The largest absolute Gasteiger partial charge is 0.317 e. The summed E-state index contributed by atoms with van der Waals surface area (Å²) in [7, 11) is 2.07. The van der Waals surface area contributed by atoms with Crippen molar-refractivity contribution in [2.75, 3.05) is 18.6 Å². The van der Waals surface area contributed by atoms with Gasteiger partial charge in [-0.05, 0) is 50.2 Å². The zero-order valence-electron chi connectivity index (χ0n) is 12.1. The Kier molecular flexibility index (Phi) is 6.17. The van der Waals surface area contributed by atoms with Gasteiger partial charge in [0.15, 0.2) is 0 Å². The van der Waals surface area contributed by atoms with Gasteiger partial charge in [-0.15, -0.1) is 0 Å². The van der Waals surface area contributed by atoms with Crippen LogP contribution in [0.5, 0.6) is 0 Å². The van der Waals surface area contributed by atoms with Crippen LogP contribution in [0.25, 0.3) is 0 Å². The number of likely N-dealkylation sites (N-methyl/N-ethyl adjacent to an activating group) is 1. The Bertz CT molecular complexity index is 360. The second kappa shape index (κ2) is 7.90.